The van der Waals surface area contributed by atoms with Crippen molar-refractivity contribution >= 4 is 34.4 Å². The van der Waals surface area contributed by atoms with Crippen molar-refractivity contribution in [2.75, 3.05) is 11.4 Å². The molecule has 0 radical (unpaired) electrons. The summed E-state index contributed by atoms with van der Waals surface area (Å²) in [5, 5.41) is 0.633. The third-order valence-corrected chi connectivity index (χ3v) is 4.78. The summed E-state index contributed by atoms with van der Waals surface area (Å²) in [5.41, 5.74) is 1.74. The predicted octanol–water partition coefficient (Wildman–Crippen LogP) is 2.28. The van der Waals surface area contributed by atoms with E-state index >= 15 is 0 Å². The SMILES string of the molecule is C=C(C)Cn1c(=O)c2c(nc3n2CCN3c2cccc(Cl)c2)n(C)c1=O. The number of imidazole rings is 1. The second-order valence-electron chi connectivity index (χ2n) is 6.56. The Morgan fingerprint density at radius 2 is 2.08 bits per heavy atom. The molecular weight excluding hydrogens is 354 g/mol. The third kappa shape index (κ3) is 2.39. The first-order valence-corrected chi connectivity index (χ1v) is 8.64. The molecular formula is C18H18ClN5O2. The minimum Gasteiger partial charge on any atom is -0.310 e. The first kappa shape index (κ1) is 16.7. The first-order valence-electron chi connectivity index (χ1n) is 8.26. The van der Waals surface area contributed by atoms with Gasteiger partial charge in [-0.15, -0.1) is 0 Å². The average Bonchev–Trinajstić information content (AvgIpc) is 3.15. The van der Waals surface area contributed by atoms with Gasteiger partial charge in [-0.25, -0.2) is 4.79 Å². The van der Waals surface area contributed by atoms with Crippen molar-refractivity contribution in [2.45, 2.75) is 20.0 Å². The van der Waals surface area contributed by atoms with E-state index in [2.05, 4.69) is 11.6 Å². The first-order chi connectivity index (χ1) is 12.4. The molecule has 0 bridgehead atoms. The number of aromatic nitrogens is 4. The maximum Gasteiger partial charge on any atom is 0.332 e. The summed E-state index contributed by atoms with van der Waals surface area (Å²) < 4.78 is 4.50. The molecule has 3 heterocycles. The zero-order valence-electron chi connectivity index (χ0n) is 14.6. The fraction of sp³-hybridized carbons (Fsp3) is 0.278. The van der Waals surface area contributed by atoms with Gasteiger partial charge in [-0.2, -0.15) is 4.98 Å². The highest BCUT2D eigenvalue weighted by atomic mass is 35.5. The summed E-state index contributed by atoms with van der Waals surface area (Å²) in [5.74, 6) is 0.641. The lowest BCUT2D eigenvalue weighted by Gasteiger charge is -2.16. The minimum atomic E-state index is -0.392. The molecule has 0 N–H and O–H groups in total. The van der Waals surface area contributed by atoms with Gasteiger partial charge in [0.25, 0.3) is 5.56 Å². The van der Waals surface area contributed by atoms with E-state index in [9.17, 15) is 9.59 Å². The Balaban J connectivity index is 1.97. The Hall–Kier alpha value is -2.80. The van der Waals surface area contributed by atoms with Crippen LogP contribution < -0.4 is 16.1 Å². The summed E-state index contributed by atoms with van der Waals surface area (Å²) >= 11 is 6.11. The van der Waals surface area contributed by atoms with E-state index in [1.54, 1.807) is 14.0 Å². The smallest absolute Gasteiger partial charge is 0.310 e. The average molecular weight is 372 g/mol. The van der Waals surface area contributed by atoms with Crippen LogP contribution in [0.5, 0.6) is 0 Å². The van der Waals surface area contributed by atoms with Gasteiger partial charge < -0.3 is 9.47 Å². The molecule has 0 saturated heterocycles. The highest BCUT2D eigenvalue weighted by Crippen LogP contribution is 2.32. The molecule has 0 fully saturated rings. The van der Waals surface area contributed by atoms with Crippen LogP contribution in [0.2, 0.25) is 5.02 Å². The van der Waals surface area contributed by atoms with Crippen molar-refractivity contribution in [1.82, 2.24) is 18.7 Å². The highest BCUT2D eigenvalue weighted by Gasteiger charge is 2.28. The van der Waals surface area contributed by atoms with E-state index < -0.39 is 5.69 Å². The molecule has 0 atom stereocenters. The van der Waals surface area contributed by atoms with Crippen LogP contribution in [0.4, 0.5) is 11.6 Å². The number of allylic oxidation sites excluding steroid dienone is 1. The van der Waals surface area contributed by atoms with Crippen molar-refractivity contribution in [3.05, 3.63) is 62.3 Å². The third-order valence-electron chi connectivity index (χ3n) is 4.55. The topological polar surface area (TPSA) is 65.1 Å². The molecule has 0 aliphatic carbocycles. The van der Waals surface area contributed by atoms with Crippen molar-refractivity contribution in [1.29, 1.82) is 0 Å². The summed E-state index contributed by atoms with van der Waals surface area (Å²) in [6.07, 6.45) is 0. The van der Waals surface area contributed by atoms with Crippen LogP contribution in [0.15, 0.2) is 46.0 Å². The van der Waals surface area contributed by atoms with Gasteiger partial charge in [0.05, 0.1) is 6.54 Å². The van der Waals surface area contributed by atoms with Gasteiger partial charge in [-0.1, -0.05) is 29.8 Å². The number of hydrogen-bond donors (Lipinski definition) is 0. The fourth-order valence-corrected chi connectivity index (χ4v) is 3.56. The molecule has 2 aromatic heterocycles. The van der Waals surface area contributed by atoms with E-state index in [4.69, 9.17) is 11.6 Å². The molecule has 0 amide bonds. The standard InChI is InChI=1S/C18H18ClN5O2/c1-11(2)10-24-16(25)14-15(21(3)18(24)26)20-17-22(7-8-23(14)17)13-6-4-5-12(19)9-13/h4-6,9H,1,7-8,10H2,2-3H3. The van der Waals surface area contributed by atoms with Crippen molar-refractivity contribution in [3.8, 4) is 0 Å². The molecule has 1 aliphatic heterocycles. The van der Waals surface area contributed by atoms with Crippen LogP contribution >= 0.6 is 11.6 Å². The lowest BCUT2D eigenvalue weighted by atomic mass is 10.3. The Kier molecular flexibility index (Phi) is 3.77. The summed E-state index contributed by atoms with van der Waals surface area (Å²) in [4.78, 5) is 32.1. The van der Waals surface area contributed by atoms with Crippen LogP contribution in [0.25, 0.3) is 11.2 Å². The largest absolute Gasteiger partial charge is 0.332 e. The highest BCUT2D eigenvalue weighted by molar-refractivity contribution is 6.30. The zero-order chi connectivity index (χ0) is 18.6. The Morgan fingerprint density at radius 3 is 2.77 bits per heavy atom. The second kappa shape index (κ2) is 5.88. The van der Waals surface area contributed by atoms with Crippen LogP contribution in [0.1, 0.15) is 6.92 Å². The molecule has 4 rings (SSSR count). The summed E-state index contributed by atoms with van der Waals surface area (Å²) in [6.45, 7) is 7.09. The minimum absolute atomic E-state index is 0.194. The Bertz CT molecular complexity index is 1170. The number of aryl methyl sites for hydroxylation is 1. The van der Waals surface area contributed by atoms with Gasteiger partial charge in [0.2, 0.25) is 5.95 Å². The molecule has 0 spiro atoms. The van der Waals surface area contributed by atoms with E-state index in [1.165, 1.54) is 9.13 Å². The molecule has 0 unspecified atom stereocenters. The Morgan fingerprint density at radius 1 is 1.31 bits per heavy atom. The molecule has 0 saturated carbocycles. The van der Waals surface area contributed by atoms with Crippen molar-refractivity contribution in [2.24, 2.45) is 7.05 Å². The predicted molar refractivity (Wildman–Crippen MR) is 103 cm³/mol. The molecule has 7 nitrogen and oxygen atoms in total. The van der Waals surface area contributed by atoms with E-state index in [-0.39, 0.29) is 12.1 Å². The van der Waals surface area contributed by atoms with Crippen molar-refractivity contribution < 1.29 is 0 Å². The number of anilines is 2. The monoisotopic (exact) mass is 371 g/mol. The van der Waals surface area contributed by atoms with Gasteiger partial charge in [0, 0.05) is 30.8 Å². The van der Waals surface area contributed by atoms with Crippen LogP contribution in [-0.4, -0.2) is 25.2 Å². The molecule has 1 aromatic carbocycles. The van der Waals surface area contributed by atoms with Crippen LogP contribution in [0, 0.1) is 0 Å². The van der Waals surface area contributed by atoms with Crippen molar-refractivity contribution in [3.63, 3.8) is 0 Å². The van der Waals surface area contributed by atoms with E-state index in [0.717, 1.165) is 11.3 Å². The van der Waals surface area contributed by atoms with Gasteiger partial charge >= 0.3 is 5.69 Å². The maximum absolute atomic E-state index is 13.0. The molecule has 1 aliphatic rings. The normalized spacial score (nSPS) is 13.4. The number of benzene rings is 1. The van der Waals surface area contributed by atoms with Gasteiger partial charge in [-0.05, 0) is 25.1 Å². The van der Waals surface area contributed by atoms with Crippen LogP contribution in [-0.2, 0) is 20.1 Å². The summed E-state index contributed by atoms with van der Waals surface area (Å²) in [7, 11) is 1.63. The van der Waals surface area contributed by atoms with Gasteiger partial charge in [-0.3, -0.25) is 13.9 Å². The zero-order valence-corrected chi connectivity index (χ0v) is 15.3. The summed E-state index contributed by atoms with van der Waals surface area (Å²) in [6, 6.07) is 7.48. The maximum atomic E-state index is 13.0. The second-order valence-corrected chi connectivity index (χ2v) is 6.99. The lowest BCUT2D eigenvalue weighted by Crippen LogP contribution is -2.39. The van der Waals surface area contributed by atoms with E-state index in [0.29, 0.717) is 35.2 Å². The fourth-order valence-electron chi connectivity index (χ4n) is 3.38. The number of nitrogens with zero attached hydrogens (tertiary/aromatic N) is 5. The van der Waals surface area contributed by atoms with E-state index in [1.807, 2.05) is 33.7 Å². The quantitative estimate of drug-likeness (QED) is 0.662. The molecule has 8 heteroatoms. The molecule has 134 valence electrons. The number of fused-ring (bicyclic) bond motifs is 3. The van der Waals surface area contributed by atoms with Gasteiger partial charge in [0.15, 0.2) is 11.2 Å². The van der Waals surface area contributed by atoms with Crippen LogP contribution in [0.3, 0.4) is 0 Å². The molecule has 26 heavy (non-hydrogen) atoms. The number of halogens is 1. The number of rotatable bonds is 3. The number of hydrogen-bond acceptors (Lipinski definition) is 4. The van der Waals surface area contributed by atoms with Gasteiger partial charge in [0.1, 0.15) is 0 Å². The molecule has 3 aromatic rings. The Labute approximate surface area is 154 Å². The lowest BCUT2D eigenvalue weighted by molar-refractivity contribution is 0.647.